The summed E-state index contributed by atoms with van der Waals surface area (Å²) >= 11 is 0. The lowest BCUT2D eigenvalue weighted by Crippen LogP contribution is -2.13. The summed E-state index contributed by atoms with van der Waals surface area (Å²) in [6, 6.07) is 6.08. The van der Waals surface area contributed by atoms with Crippen LogP contribution in [0.3, 0.4) is 0 Å². The van der Waals surface area contributed by atoms with E-state index in [0.717, 1.165) is 0 Å². The number of benzene rings is 1. The molecule has 1 atom stereocenters. The molecule has 1 amide bonds. The van der Waals surface area contributed by atoms with E-state index in [-0.39, 0.29) is 41.9 Å². The van der Waals surface area contributed by atoms with Gasteiger partial charge in [0.25, 0.3) is 0 Å². The molecule has 3 rings (SSSR count). The van der Waals surface area contributed by atoms with Crippen molar-refractivity contribution < 1.29 is 27.2 Å². The van der Waals surface area contributed by atoms with Crippen LogP contribution in [0.5, 0.6) is 0 Å². The van der Waals surface area contributed by atoms with Crippen LogP contribution in [0.25, 0.3) is 11.0 Å². The highest BCUT2D eigenvalue weighted by molar-refractivity contribution is 7.91. The molecule has 8 nitrogen and oxygen atoms in total. The molecule has 0 bridgehead atoms. The van der Waals surface area contributed by atoms with Gasteiger partial charge in [0.1, 0.15) is 12.2 Å². The molecule has 0 aliphatic carbocycles. The first kappa shape index (κ1) is 19.1. The van der Waals surface area contributed by atoms with Crippen LogP contribution >= 0.6 is 0 Å². The Morgan fingerprint density at radius 1 is 1.30 bits per heavy atom. The topological polar surface area (TPSA) is 120 Å². The fourth-order valence-corrected chi connectivity index (χ4v) is 4.98. The van der Waals surface area contributed by atoms with Crippen molar-refractivity contribution in [2.45, 2.75) is 26.4 Å². The van der Waals surface area contributed by atoms with Crippen molar-refractivity contribution in [1.82, 2.24) is 0 Å². The van der Waals surface area contributed by atoms with Gasteiger partial charge in [-0.05, 0) is 24.5 Å². The fourth-order valence-electron chi connectivity index (χ4n) is 3.12. The summed E-state index contributed by atoms with van der Waals surface area (Å²) in [5.74, 6) is -0.873. The Morgan fingerprint density at radius 2 is 2.07 bits per heavy atom. The largest absolute Gasteiger partial charge is 0.461 e. The Kier molecular flexibility index (Phi) is 5.31. The number of anilines is 1. The minimum Gasteiger partial charge on any atom is -0.461 e. The minimum atomic E-state index is -3.05. The van der Waals surface area contributed by atoms with Gasteiger partial charge in [-0.1, -0.05) is 0 Å². The lowest BCUT2D eigenvalue weighted by molar-refractivity contribution is -0.145. The number of sulfone groups is 1. The Balaban J connectivity index is 1.71. The first-order chi connectivity index (χ1) is 12.7. The maximum Gasteiger partial charge on any atom is 0.336 e. The van der Waals surface area contributed by atoms with E-state index < -0.39 is 21.4 Å². The molecule has 1 aromatic carbocycles. The highest BCUT2D eigenvalue weighted by Gasteiger charge is 2.29. The van der Waals surface area contributed by atoms with E-state index in [1.807, 2.05) is 0 Å². The van der Waals surface area contributed by atoms with E-state index in [9.17, 15) is 22.8 Å². The van der Waals surface area contributed by atoms with E-state index in [1.165, 1.54) is 19.1 Å². The molecule has 0 radical (unpaired) electrons. The van der Waals surface area contributed by atoms with Crippen molar-refractivity contribution >= 4 is 38.4 Å². The van der Waals surface area contributed by atoms with Crippen molar-refractivity contribution in [3.63, 3.8) is 0 Å². The number of carbonyl (C=O) groups excluding carboxylic acids is 2. The third-order valence-electron chi connectivity index (χ3n) is 4.32. The van der Waals surface area contributed by atoms with Gasteiger partial charge in [-0.15, -0.1) is 0 Å². The Bertz CT molecular complexity index is 1060. The van der Waals surface area contributed by atoms with E-state index in [1.54, 1.807) is 12.1 Å². The van der Waals surface area contributed by atoms with Crippen molar-refractivity contribution in [2.24, 2.45) is 5.92 Å². The van der Waals surface area contributed by atoms with Crippen LogP contribution in [0.15, 0.2) is 33.5 Å². The number of amides is 1. The Morgan fingerprint density at radius 3 is 2.74 bits per heavy atom. The van der Waals surface area contributed by atoms with Crippen molar-refractivity contribution in [3.05, 3.63) is 40.2 Å². The maximum absolute atomic E-state index is 12.0. The second kappa shape index (κ2) is 7.51. The van der Waals surface area contributed by atoms with Gasteiger partial charge in [-0.25, -0.2) is 13.2 Å². The number of ether oxygens (including phenoxy) is 1. The van der Waals surface area contributed by atoms with Gasteiger partial charge in [0.2, 0.25) is 5.91 Å². The number of esters is 1. The summed E-state index contributed by atoms with van der Waals surface area (Å²) < 4.78 is 33.3. The monoisotopic (exact) mass is 393 g/mol. The molecule has 2 aromatic rings. The molecule has 1 unspecified atom stereocenters. The molecule has 144 valence electrons. The number of rotatable bonds is 5. The van der Waals surface area contributed by atoms with Gasteiger partial charge in [0, 0.05) is 42.1 Å². The van der Waals surface area contributed by atoms with Crippen LogP contribution in [0.4, 0.5) is 5.69 Å². The zero-order chi connectivity index (χ0) is 19.6. The molecule has 0 spiro atoms. The van der Waals surface area contributed by atoms with Crippen LogP contribution in [0, 0.1) is 5.92 Å². The zero-order valence-corrected chi connectivity index (χ0v) is 15.5. The fraction of sp³-hybridized carbons (Fsp3) is 0.389. The van der Waals surface area contributed by atoms with Gasteiger partial charge in [-0.2, -0.15) is 0 Å². The third-order valence-corrected chi connectivity index (χ3v) is 6.16. The standard InChI is InChI=1S/C18H19NO7S/c1-11(20)19-14-2-3-15-13(7-18(22)26-16(15)8-14)9-25-17(21)6-12-4-5-27(23,24)10-12/h2-3,7-8,12H,4-6,9-10H2,1H3,(H,19,20). The molecular weight excluding hydrogens is 374 g/mol. The molecule has 0 saturated carbocycles. The second-order valence-electron chi connectivity index (χ2n) is 6.62. The average molecular weight is 393 g/mol. The SMILES string of the molecule is CC(=O)Nc1ccc2c(COC(=O)CC3CCS(=O)(=O)C3)cc(=O)oc2c1. The lowest BCUT2D eigenvalue weighted by atomic mass is 10.1. The van der Waals surface area contributed by atoms with Crippen LogP contribution in [-0.4, -0.2) is 31.8 Å². The number of nitrogens with one attached hydrogen (secondary N) is 1. The van der Waals surface area contributed by atoms with Gasteiger partial charge < -0.3 is 14.5 Å². The number of carbonyl (C=O) groups is 2. The molecule has 27 heavy (non-hydrogen) atoms. The quantitative estimate of drug-likeness (QED) is 0.605. The first-order valence-electron chi connectivity index (χ1n) is 8.42. The summed E-state index contributed by atoms with van der Waals surface area (Å²) in [4.78, 5) is 34.9. The summed E-state index contributed by atoms with van der Waals surface area (Å²) in [6.45, 7) is 1.24. The van der Waals surface area contributed by atoms with Gasteiger partial charge in [0.05, 0.1) is 11.5 Å². The highest BCUT2D eigenvalue weighted by Crippen LogP contribution is 2.24. The third kappa shape index (κ3) is 4.94. The van der Waals surface area contributed by atoms with Crippen LogP contribution in [0.1, 0.15) is 25.3 Å². The lowest BCUT2D eigenvalue weighted by Gasteiger charge is -2.10. The molecule has 1 aliphatic rings. The van der Waals surface area contributed by atoms with Gasteiger partial charge >= 0.3 is 11.6 Å². The van der Waals surface area contributed by atoms with Gasteiger partial charge in [-0.3, -0.25) is 9.59 Å². The van der Waals surface area contributed by atoms with Crippen molar-refractivity contribution in [1.29, 1.82) is 0 Å². The summed E-state index contributed by atoms with van der Waals surface area (Å²) in [6.07, 6.45) is 0.493. The molecular formula is C18H19NO7S. The van der Waals surface area contributed by atoms with Crippen LogP contribution in [-0.2, 0) is 30.8 Å². The van der Waals surface area contributed by atoms with Gasteiger partial charge in [0.15, 0.2) is 9.84 Å². The molecule has 1 N–H and O–H groups in total. The maximum atomic E-state index is 12.0. The molecule has 2 heterocycles. The van der Waals surface area contributed by atoms with E-state index >= 15 is 0 Å². The highest BCUT2D eigenvalue weighted by atomic mass is 32.2. The second-order valence-corrected chi connectivity index (χ2v) is 8.85. The molecule has 9 heteroatoms. The normalized spacial score (nSPS) is 18.3. The molecule has 1 fully saturated rings. The predicted molar refractivity (Wildman–Crippen MR) is 98.0 cm³/mol. The zero-order valence-electron chi connectivity index (χ0n) is 14.7. The van der Waals surface area contributed by atoms with Crippen molar-refractivity contribution in [2.75, 3.05) is 16.8 Å². The Labute approximate surface area is 155 Å². The summed E-state index contributed by atoms with van der Waals surface area (Å²) in [7, 11) is -3.05. The van der Waals surface area contributed by atoms with Crippen LogP contribution in [0.2, 0.25) is 0 Å². The number of hydrogen-bond donors (Lipinski definition) is 1. The number of fused-ring (bicyclic) bond motifs is 1. The Hall–Kier alpha value is -2.68. The molecule has 1 aliphatic heterocycles. The smallest absolute Gasteiger partial charge is 0.336 e. The van der Waals surface area contributed by atoms with E-state index in [0.29, 0.717) is 23.1 Å². The summed E-state index contributed by atoms with van der Waals surface area (Å²) in [5.41, 5.74) is 0.620. The average Bonchev–Trinajstić information content (AvgIpc) is 2.90. The molecule has 1 aromatic heterocycles. The minimum absolute atomic E-state index is 0.00583. The summed E-state index contributed by atoms with van der Waals surface area (Å²) in [5, 5.41) is 3.18. The molecule has 1 saturated heterocycles. The first-order valence-corrected chi connectivity index (χ1v) is 10.2. The predicted octanol–water partition coefficient (Wildman–Crippen LogP) is 1.62. The van der Waals surface area contributed by atoms with Crippen molar-refractivity contribution in [3.8, 4) is 0 Å². The number of hydrogen-bond acceptors (Lipinski definition) is 7. The van der Waals surface area contributed by atoms with E-state index in [2.05, 4.69) is 5.32 Å². The van der Waals surface area contributed by atoms with E-state index in [4.69, 9.17) is 9.15 Å². The van der Waals surface area contributed by atoms with Crippen LogP contribution < -0.4 is 10.9 Å².